The van der Waals surface area contributed by atoms with E-state index in [0.717, 1.165) is 27.0 Å². The summed E-state index contributed by atoms with van der Waals surface area (Å²) in [6, 6.07) is 16.3. The van der Waals surface area contributed by atoms with E-state index in [1.165, 1.54) is 0 Å². The van der Waals surface area contributed by atoms with Gasteiger partial charge in [0.05, 0.1) is 27.4 Å². The van der Waals surface area contributed by atoms with Gasteiger partial charge < -0.3 is 15.0 Å². The second-order valence-corrected chi connectivity index (χ2v) is 9.50. The van der Waals surface area contributed by atoms with Gasteiger partial charge in [-0.05, 0) is 43.4 Å². The standard InChI is InChI=1S/C26H25N3O3S/c30-25(28-20-9-7-19(8-10-20)26(31)32)21-16-33-23-12-13-29(24(21)23)15-17-6-11-22(27-14-17)18-4-2-1-3-5-18/h1-6,11-14,16,19-20H,7-10,15H2,(H,28,30)(H,31,32). The lowest BCUT2D eigenvalue weighted by Gasteiger charge is -2.26. The van der Waals surface area contributed by atoms with Crippen LogP contribution in [0.2, 0.25) is 0 Å². The number of carboxylic acids is 1. The fourth-order valence-corrected chi connectivity index (χ4v) is 5.49. The Bertz CT molecular complexity index is 1270. The maximum absolute atomic E-state index is 13.1. The van der Waals surface area contributed by atoms with Crippen LogP contribution in [-0.4, -0.2) is 32.6 Å². The van der Waals surface area contributed by atoms with Gasteiger partial charge in [-0.25, -0.2) is 0 Å². The molecule has 0 spiro atoms. The van der Waals surface area contributed by atoms with Crippen molar-refractivity contribution in [3.05, 3.63) is 77.4 Å². The lowest BCUT2D eigenvalue weighted by atomic mass is 9.86. The molecule has 1 aliphatic carbocycles. The summed E-state index contributed by atoms with van der Waals surface area (Å²) in [5.74, 6) is -1.11. The molecule has 0 bridgehead atoms. The van der Waals surface area contributed by atoms with E-state index in [0.29, 0.717) is 37.8 Å². The third kappa shape index (κ3) is 4.54. The monoisotopic (exact) mass is 459 g/mol. The second-order valence-electron chi connectivity index (χ2n) is 8.58. The van der Waals surface area contributed by atoms with Crippen molar-refractivity contribution in [2.45, 2.75) is 38.3 Å². The van der Waals surface area contributed by atoms with Crippen LogP contribution < -0.4 is 5.32 Å². The summed E-state index contributed by atoms with van der Waals surface area (Å²) in [5, 5.41) is 14.2. The molecule has 0 saturated heterocycles. The number of carbonyl (C=O) groups is 2. The molecule has 0 unspecified atom stereocenters. The number of aromatic nitrogens is 2. The second kappa shape index (κ2) is 9.19. The molecule has 33 heavy (non-hydrogen) atoms. The Balaban J connectivity index is 1.30. The largest absolute Gasteiger partial charge is 0.481 e. The van der Waals surface area contributed by atoms with Crippen molar-refractivity contribution >= 4 is 33.4 Å². The number of pyridine rings is 1. The van der Waals surface area contributed by atoms with Gasteiger partial charge in [-0.1, -0.05) is 36.4 Å². The maximum atomic E-state index is 13.1. The Morgan fingerprint density at radius 3 is 2.55 bits per heavy atom. The number of carboxylic acid groups (broad SMARTS) is 1. The van der Waals surface area contributed by atoms with Crippen LogP contribution in [0.5, 0.6) is 0 Å². The molecule has 7 heteroatoms. The normalized spacial score (nSPS) is 18.3. The third-order valence-electron chi connectivity index (χ3n) is 6.39. The Morgan fingerprint density at radius 1 is 1.06 bits per heavy atom. The molecule has 0 radical (unpaired) electrons. The first-order valence-electron chi connectivity index (χ1n) is 11.2. The van der Waals surface area contributed by atoms with E-state index in [2.05, 4.69) is 20.9 Å². The molecular weight excluding hydrogens is 434 g/mol. The van der Waals surface area contributed by atoms with E-state index in [1.54, 1.807) is 11.3 Å². The first kappa shape index (κ1) is 21.4. The fraction of sp³-hybridized carbons (Fsp3) is 0.269. The van der Waals surface area contributed by atoms with E-state index >= 15 is 0 Å². The molecule has 0 aliphatic heterocycles. The molecule has 6 nitrogen and oxygen atoms in total. The molecule has 4 aromatic rings. The van der Waals surface area contributed by atoms with Crippen molar-refractivity contribution in [1.29, 1.82) is 0 Å². The highest BCUT2D eigenvalue weighted by Crippen LogP contribution is 2.29. The van der Waals surface area contributed by atoms with Crippen LogP contribution in [0.15, 0.2) is 66.3 Å². The average molecular weight is 460 g/mol. The number of nitrogens with one attached hydrogen (secondary N) is 1. The first-order valence-corrected chi connectivity index (χ1v) is 12.1. The summed E-state index contributed by atoms with van der Waals surface area (Å²) < 4.78 is 3.17. The van der Waals surface area contributed by atoms with Crippen molar-refractivity contribution in [3.8, 4) is 11.3 Å². The molecule has 5 rings (SSSR count). The van der Waals surface area contributed by atoms with Crippen molar-refractivity contribution in [2.24, 2.45) is 5.92 Å². The zero-order valence-corrected chi connectivity index (χ0v) is 18.9. The van der Waals surface area contributed by atoms with E-state index in [1.807, 2.05) is 60.2 Å². The summed E-state index contributed by atoms with van der Waals surface area (Å²) in [5.41, 5.74) is 4.70. The lowest BCUT2D eigenvalue weighted by Crippen LogP contribution is -2.38. The highest BCUT2D eigenvalue weighted by molar-refractivity contribution is 7.17. The number of nitrogens with zero attached hydrogens (tertiary/aromatic N) is 2. The number of benzene rings is 1. The Hall–Kier alpha value is -3.45. The number of aliphatic carboxylic acids is 1. The van der Waals surface area contributed by atoms with E-state index in [-0.39, 0.29) is 17.9 Å². The van der Waals surface area contributed by atoms with Crippen LogP contribution in [0.25, 0.3) is 21.5 Å². The molecule has 3 heterocycles. The van der Waals surface area contributed by atoms with Gasteiger partial charge in [0.25, 0.3) is 5.91 Å². The molecule has 2 N–H and O–H groups in total. The van der Waals surface area contributed by atoms with Crippen LogP contribution in [0, 0.1) is 5.92 Å². The minimum atomic E-state index is -0.733. The van der Waals surface area contributed by atoms with E-state index < -0.39 is 5.97 Å². The topological polar surface area (TPSA) is 84.2 Å². The van der Waals surface area contributed by atoms with Crippen LogP contribution >= 0.6 is 11.3 Å². The summed E-state index contributed by atoms with van der Waals surface area (Å²) in [4.78, 5) is 28.9. The fourth-order valence-electron chi connectivity index (χ4n) is 4.55. The maximum Gasteiger partial charge on any atom is 0.306 e. The van der Waals surface area contributed by atoms with E-state index in [9.17, 15) is 14.7 Å². The zero-order valence-electron chi connectivity index (χ0n) is 18.1. The van der Waals surface area contributed by atoms with E-state index in [4.69, 9.17) is 0 Å². The molecule has 1 fully saturated rings. The minimum Gasteiger partial charge on any atom is -0.481 e. The van der Waals surface area contributed by atoms with Gasteiger partial charge in [0, 0.05) is 35.9 Å². The lowest BCUT2D eigenvalue weighted by molar-refractivity contribution is -0.142. The smallest absolute Gasteiger partial charge is 0.306 e. The van der Waals surface area contributed by atoms with Gasteiger partial charge in [-0.2, -0.15) is 0 Å². The number of amides is 1. The van der Waals surface area contributed by atoms with Crippen molar-refractivity contribution in [3.63, 3.8) is 0 Å². The number of carbonyl (C=O) groups excluding carboxylic acids is 1. The van der Waals surface area contributed by atoms with Crippen molar-refractivity contribution in [1.82, 2.24) is 14.9 Å². The zero-order chi connectivity index (χ0) is 22.8. The summed E-state index contributed by atoms with van der Waals surface area (Å²) in [6.07, 6.45) is 6.54. The predicted octanol–water partition coefficient (Wildman–Crippen LogP) is 5.19. The number of rotatable bonds is 6. The molecule has 0 atom stereocenters. The van der Waals surface area contributed by atoms with Gasteiger partial charge in [-0.3, -0.25) is 14.6 Å². The summed E-state index contributed by atoms with van der Waals surface area (Å²) >= 11 is 1.56. The van der Waals surface area contributed by atoms with Crippen LogP contribution in [0.4, 0.5) is 0 Å². The number of hydrogen-bond acceptors (Lipinski definition) is 4. The number of hydrogen-bond donors (Lipinski definition) is 2. The Labute approximate surface area is 195 Å². The van der Waals surface area contributed by atoms with Gasteiger partial charge in [-0.15, -0.1) is 11.3 Å². The molecule has 1 amide bonds. The first-order chi connectivity index (χ1) is 16.1. The van der Waals surface area contributed by atoms with Crippen molar-refractivity contribution < 1.29 is 14.7 Å². The highest BCUT2D eigenvalue weighted by Gasteiger charge is 2.27. The van der Waals surface area contributed by atoms with Crippen molar-refractivity contribution in [2.75, 3.05) is 0 Å². The molecule has 1 saturated carbocycles. The minimum absolute atomic E-state index is 0.0289. The summed E-state index contributed by atoms with van der Waals surface area (Å²) in [7, 11) is 0. The molecular formula is C26H25N3O3S. The third-order valence-corrected chi connectivity index (χ3v) is 7.33. The van der Waals surface area contributed by atoms with Gasteiger partial charge in [0.15, 0.2) is 0 Å². The Kier molecular flexibility index (Phi) is 5.96. The van der Waals surface area contributed by atoms with Crippen LogP contribution in [0.1, 0.15) is 41.6 Å². The van der Waals surface area contributed by atoms with Gasteiger partial charge >= 0.3 is 5.97 Å². The van der Waals surface area contributed by atoms with Crippen LogP contribution in [-0.2, 0) is 11.3 Å². The molecule has 3 aromatic heterocycles. The molecule has 1 aliphatic rings. The Morgan fingerprint density at radius 2 is 1.85 bits per heavy atom. The SMILES string of the molecule is O=C(NC1CCC(C(=O)O)CC1)c1csc2ccn(Cc3ccc(-c4ccccc4)nc3)c12. The predicted molar refractivity (Wildman–Crippen MR) is 129 cm³/mol. The van der Waals surface area contributed by atoms with Gasteiger partial charge in [0.1, 0.15) is 0 Å². The number of fused-ring (bicyclic) bond motifs is 1. The average Bonchev–Trinajstić information content (AvgIpc) is 3.44. The molecule has 168 valence electrons. The summed E-state index contributed by atoms with van der Waals surface area (Å²) in [6.45, 7) is 0.631. The van der Waals surface area contributed by atoms with Crippen LogP contribution in [0.3, 0.4) is 0 Å². The quantitative estimate of drug-likeness (QED) is 0.416. The highest BCUT2D eigenvalue weighted by atomic mass is 32.1. The van der Waals surface area contributed by atoms with Gasteiger partial charge in [0.2, 0.25) is 0 Å². The molecule has 1 aromatic carbocycles. The number of thiophene rings is 1.